The van der Waals surface area contributed by atoms with Gasteiger partial charge < -0.3 is 15.2 Å². The zero-order valence-electron chi connectivity index (χ0n) is 11.4. The van der Waals surface area contributed by atoms with Crippen molar-refractivity contribution in [3.05, 3.63) is 65.5 Å². The predicted molar refractivity (Wildman–Crippen MR) is 76.0 cm³/mol. The molecular weight excluding hydrogens is 257 g/mol. The lowest BCUT2D eigenvalue weighted by molar-refractivity contribution is 0.0455. The molecule has 0 amide bonds. The maximum atomic E-state index is 12.9. The average Bonchev–Trinajstić information content (AvgIpc) is 2.50. The van der Waals surface area contributed by atoms with Crippen LogP contribution in [0.2, 0.25) is 0 Å². The Kier molecular flexibility index (Phi) is 5.09. The van der Waals surface area contributed by atoms with Gasteiger partial charge in [-0.2, -0.15) is 0 Å². The van der Waals surface area contributed by atoms with E-state index in [-0.39, 0.29) is 11.9 Å². The molecule has 1 unspecified atom stereocenters. The normalized spacial score (nSPS) is 12.2. The lowest BCUT2D eigenvalue weighted by atomic mass is 10.1. The molecule has 20 heavy (non-hydrogen) atoms. The number of methoxy groups -OCH3 is 1. The van der Waals surface area contributed by atoms with Gasteiger partial charge in [0.15, 0.2) is 0 Å². The Morgan fingerprint density at radius 3 is 2.55 bits per heavy atom. The van der Waals surface area contributed by atoms with Crippen molar-refractivity contribution >= 4 is 0 Å². The number of benzene rings is 2. The maximum Gasteiger partial charge on any atom is 0.123 e. The number of ether oxygens (including phenoxy) is 2. The summed E-state index contributed by atoms with van der Waals surface area (Å²) >= 11 is 0. The molecule has 4 heteroatoms. The Hall–Kier alpha value is -1.91. The fourth-order valence-electron chi connectivity index (χ4n) is 1.94. The van der Waals surface area contributed by atoms with Crippen molar-refractivity contribution in [1.29, 1.82) is 0 Å². The predicted octanol–water partition coefficient (Wildman–Crippen LogP) is 3.05. The van der Waals surface area contributed by atoms with E-state index in [1.165, 1.54) is 12.1 Å². The van der Waals surface area contributed by atoms with Gasteiger partial charge in [0.25, 0.3) is 0 Å². The highest BCUT2D eigenvalue weighted by molar-refractivity contribution is 5.28. The van der Waals surface area contributed by atoms with Crippen LogP contribution in [0.5, 0.6) is 5.75 Å². The van der Waals surface area contributed by atoms with Gasteiger partial charge in [-0.3, -0.25) is 0 Å². The van der Waals surface area contributed by atoms with Crippen LogP contribution in [0, 0.1) is 5.82 Å². The second-order valence-corrected chi connectivity index (χ2v) is 4.44. The summed E-state index contributed by atoms with van der Waals surface area (Å²) in [5, 5.41) is 0. The Balaban J connectivity index is 2.01. The third-order valence-electron chi connectivity index (χ3n) is 3.04. The van der Waals surface area contributed by atoms with Crippen molar-refractivity contribution < 1.29 is 13.9 Å². The third-order valence-corrected chi connectivity index (χ3v) is 3.04. The van der Waals surface area contributed by atoms with Crippen LogP contribution < -0.4 is 10.5 Å². The molecule has 0 bridgehead atoms. The first-order valence-corrected chi connectivity index (χ1v) is 6.43. The molecule has 0 fully saturated rings. The molecule has 0 saturated carbocycles. The first-order valence-electron chi connectivity index (χ1n) is 6.43. The summed E-state index contributed by atoms with van der Waals surface area (Å²) < 4.78 is 23.9. The van der Waals surface area contributed by atoms with Crippen LogP contribution in [0.15, 0.2) is 48.5 Å². The Morgan fingerprint density at radius 2 is 1.90 bits per heavy atom. The van der Waals surface area contributed by atoms with Crippen LogP contribution >= 0.6 is 0 Å². The van der Waals surface area contributed by atoms with E-state index in [4.69, 9.17) is 15.2 Å². The zero-order valence-corrected chi connectivity index (χ0v) is 11.4. The number of rotatable bonds is 6. The minimum absolute atomic E-state index is 0.248. The van der Waals surface area contributed by atoms with E-state index in [1.54, 1.807) is 19.2 Å². The van der Waals surface area contributed by atoms with E-state index in [2.05, 4.69) is 0 Å². The summed E-state index contributed by atoms with van der Waals surface area (Å²) in [5.41, 5.74) is 7.60. The number of halogens is 1. The van der Waals surface area contributed by atoms with Crippen LogP contribution in [0.1, 0.15) is 17.2 Å². The minimum Gasteiger partial charge on any atom is -0.497 e. The van der Waals surface area contributed by atoms with Gasteiger partial charge in [0.05, 0.1) is 19.8 Å². The van der Waals surface area contributed by atoms with Crippen LogP contribution in [0.4, 0.5) is 4.39 Å². The SMILES string of the molecule is COc1cccc(COC(CN)c2ccc(F)cc2)c1. The highest BCUT2D eigenvalue weighted by Crippen LogP contribution is 2.20. The standard InChI is InChI=1S/C16H18FNO2/c1-19-15-4-2-3-12(9-15)11-20-16(10-18)13-5-7-14(17)8-6-13/h2-9,16H,10-11,18H2,1H3. The lowest BCUT2D eigenvalue weighted by Crippen LogP contribution is -2.15. The molecule has 2 aromatic carbocycles. The van der Waals surface area contributed by atoms with E-state index in [0.29, 0.717) is 13.2 Å². The van der Waals surface area contributed by atoms with Crippen molar-refractivity contribution in [1.82, 2.24) is 0 Å². The monoisotopic (exact) mass is 275 g/mol. The molecule has 0 saturated heterocycles. The molecule has 0 aliphatic heterocycles. The van der Waals surface area contributed by atoms with Gasteiger partial charge in [0.1, 0.15) is 11.6 Å². The molecule has 0 heterocycles. The topological polar surface area (TPSA) is 44.5 Å². The fourth-order valence-corrected chi connectivity index (χ4v) is 1.94. The number of hydrogen-bond acceptors (Lipinski definition) is 3. The largest absolute Gasteiger partial charge is 0.497 e. The summed E-state index contributed by atoms with van der Waals surface area (Å²) in [6, 6.07) is 13.9. The van der Waals surface area contributed by atoms with Crippen molar-refractivity contribution in [3.63, 3.8) is 0 Å². The van der Waals surface area contributed by atoms with Crippen molar-refractivity contribution in [2.24, 2.45) is 5.73 Å². The fraction of sp³-hybridized carbons (Fsp3) is 0.250. The zero-order chi connectivity index (χ0) is 14.4. The quantitative estimate of drug-likeness (QED) is 0.881. The molecule has 0 aliphatic carbocycles. The Bertz CT molecular complexity index is 542. The van der Waals surface area contributed by atoms with Crippen molar-refractivity contribution in [2.45, 2.75) is 12.7 Å². The average molecular weight is 275 g/mol. The van der Waals surface area contributed by atoms with Gasteiger partial charge in [0.2, 0.25) is 0 Å². The summed E-state index contributed by atoms with van der Waals surface area (Å²) in [4.78, 5) is 0. The molecule has 2 rings (SSSR count). The van der Waals surface area contributed by atoms with Gasteiger partial charge in [-0.25, -0.2) is 4.39 Å². The van der Waals surface area contributed by atoms with Gasteiger partial charge in [-0.15, -0.1) is 0 Å². The Morgan fingerprint density at radius 1 is 1.15 bits per heavy atom. The molecule has 1 atom stereocenters. The summed E-state index contributed by atoms with van der Waals surface area (Å²) in [6.45, 7) is 0.770. The summed E-state index contributed by atoms with van der Waals surface area (Å²) in [5.74, 6) is 0.523. The van der Waals surface area contributed by atoms with Crippen LogP contribution in [0.25, 0.3) is 0 Å². The molecule has 2 N–H and O–H groups in total. The highest BCUT2D eigenvalue weighted by Gasteiger charge is 2.10. The first kappa shape index (κ1) is 14.5. The van der Waals surface area contributed by atoms with Crippen molar-refractivity contribution in [3.8, 4) is 5.75 Å². The van der Waals surface area contributed by atoms with E-state index in [9.17, 15) is 4.39 Å². The van der Waals surface area contributed by atoms with E-state index in [1.807, 2.05) is 24.3 Å². The minimum atomic E-state index is -0.266. The Labute approximate surface area is 118 Å². The lowest BCUT2D eigenvalue weighted by Gasteiger charge is -2.16. The van der Waals surface area contributed by atoms with Gasteiger partial charge in [0, 0.05) is 6.54 Å². The van der Waals surface area contributed by atoms with E-state index < -0.39 is 0 Å². The smallest absolute Gasteiger partial charge is 0.123 e. The van der Waals surface area contributed by atoms with Crippen LogP contribution in [-0.2, 0) is 11.3 Å². The summed E-state index contributed by atoms with van der Waals surface area (Å²) in [7, 11) is 1.63. The van der Waals surface area contributed by atoms with E-state index in [0.717, 1.165) is 16.9 Å². The molecule has 2 aromatic rings. The first-order chi connectivity index (χ1) is 9.72. The third kappa shape index (κ3) is 3.79. The van der Waals surface area contributed by atoms with Crippen molar-refractivity contribution in [2.75, 3.05) is 13.7 Å². The molecular formula is C16H18FNO2. The number of nitrogens with two attached hydrogens (primary N) is 1. The molecule has 106 valence electrons. The number of hydrogen-bond donors (Lipinski definition) is 1. The van der Waals surface area contributed by atoms with Gasteiger partial charge >= 0.3 is 0 Å². The molecule has 0 radical (unpaired) electrons. The van der Waals surface area contributed by atoms with Crippen LogP contribution in [0.3, 0.4) is 0 Å². The highest BCUT2D eigenvalue weighted by atomic mass is 19.1. The summed E-state index contributed by atoms with van der Waals surface area (Å²) in [6.07, 6.45) is -0.248. The van der Waals surface area contributed by atoms with Crippen LogP contribution in [-0.4, -0.2) is 13.7 Å². The van der Waals surface area contributed by atoms with Gasteiger partial charge in [-0.1, -0.05) is 24.3 Å². The second kappa shape index (κ2) is 7.03. The maximum absolute atomic E-state index is 12.9. The van der Waals surface area contributed by atoms with Gasteiger partial charge in [-0.05, 0) is 35.4 Å². The molecule has 0 spiro atoms. The molecule has 0 aromatic heterocycles. The second-order valence-electron chi connectivity index (χ2n) is 4.44. The molecule has 0 aliphatic rings. The molecule has 3 nitrogen and oxygen atoms in total. The van der Waals surface area contributed by atoms with E-state index >= 15 is 0 Å².